The molecule has 2 aromatic rings. The van der Waals surface area contributed by atoms with Crippen LogP contribution in [-0.4, -0.2) is 24.1 Å². The van der Waals surface area contributed by atoms with E-state index >= 15 is 0 Å². The fourth-order valence-electron chi connectivity index (χ4n) is 3.53. The highest BCUT2D eigenvalue weighted by atomic mass is 16.6. The molecule has 1 aliphatic carbocycles. The van der Waals surface area contributed by atoms with E-state index in [0.29, 0.717) is 37.2 Å². The molecule has 136 valence electrons. The van der Waals surface area contributed by atoms with Gasteiger partial charge in [-0.25, -0.2) is 0 Å². The maximum absolute atomic E-state index is 12.5. The summed E-state index contributed by atoms with van der Waals surface area (Å²) in [5, 5.41) is 2.83. The van der Waals surface area contributed by atoms with Crippen LogP contribution in [0.2, 0.25) is 0 Å². The Morgan fingerprint density at radius 3 is 2.88 bits per heavy atom. The lowest BCUT2D eigenvalue weighted by molar-refractivity contribution is 0.0949. The fraction of sp³-hybridized carbons (Fsp3) is 0.400. The molecule has 6 nitrogen and oxygen atoms in total. The smallest absolute Gasteiger partial charge is 0.261 e. The van der Waals surface area contributed by atoms with Crippen molar-refractivity contribution in [3.05, 3.63) is 57.0 Å². The van der Waals surface area contributed by atoms with Crippen molar-refractivity contribution in [1.29, 1.82) is 0 Å². The van der Waals surface area contributed by atoms with Gasteiger partial charge in [0, 0.05) is 12.2 Å². The molecule has 0 spiro atoms. The summed E-state index contributed by atoms with van der Waals surface area (Å²) < 4.78 is 11.0. The van der Waals surface area contributed by atoms with Crippen molar-refractivity contribution in [3.63, 3.8) is 0 Å². The van der Waals surface area contributed by atoms with Gasteiger partial charge in [0.2, 0.25) is 0 Å². The quantitative estimate of drug-likeness (QED) is 0.886. The molecular formula is C20H22N2O4. The first-order chi connectivity index (χ1) is 12.6. The molecule has 2 aliphatic rings. The minimum atomic E-state index is -0.359. The van der Waals surface area contributed by atoms with E-state index < -0.39 is 0 Å². The van der Waals surface area contributed by atoms with Crippen molar-refractivity contribution < 1.29 is 14.3 Å². The predicted molar refractivity (Wildman–Crippen MR) is 96.9 cm³/mol. The molecule has 1 unspecified atom stereocenters. The second kappa shape index (κ2) is 6.86. The summed E-state index contributed by atoms with van der Waals surface area (Å²) in [7, 11) is 0. The number of benzene rings is 1. The van der Waals surface area contributed by atoms with Crippen LogP contribution in [-0.2, 0) is 19.4 Å². The van der Waals surface area contributed by atoms with Crippen LogP contribution in [0.25, 0.3) is 0 Å². The largest absolute Gasteiger partial charge is 0.486 e. The summed E-state index contributed by atoms with van der Waals surface area (Å²) in [4.78, 5) is 27.7. The zero-order valence-corrected chi connectivity index (χ0v) is 14.8. The molecule has 0 saturated carbocycles. The van der Waals surface area contributed by atoms with Gasteiger partial charge in [0.15, 0.2) is 11.5 Å². The first-order valence-electron chi connectivity index (χ1n) is 9.02. The predicted octanol–water partition coefficient (Wildman–Crippen LogP) is 2.20. The van der Waals surface area contributed by atoms with Gasteiger partial charge in [-0.15, -0.1) is 0 Å². The van der Waals surface area contributed by atoms with E-state index in [2.05, 4.69) is 17.2 Å². The Morgan fingerprint density at radius 1 is 1.23 bits per heavy atom. The van der Waals surface area contributed by atoms with E-state index in [1.165, 1.54) is 0 Å². The molecule has 0 fully saturated rings. The molecule has 1 atom stereocenters. The fourth-order valence-corrected chi connectivity index (χ4v) is 3.53. The number of hydrogen-bond acceptors (Lipinski definition) is 4. The van der Waals surface area contributed by atoms with Crippen LogP contribution in [0, 0.1) is 5.92 Å². The maximum Gasteiger partial charge on any atom is 0.261 e. The highest BCUT2D eigenvalue weighted by Gasteiger charge is 2.20. The number of pyridine rings is 1. The second-order valence-corrected chi connectivity index (χ2v) is 7.02. The zero-order chi connectivity index (χ0) is 18.1. The van der Waals surface area contributed by atoms with Gasteiger partial charge in [-0.2, -0.15) is 0 Å². The van der Waals surface area contributed by atoms with Crippen molar-refractivity contribution in [1.82, 2.24) is 10.3 Å². The second-order valence-electron chi connectivity index (χ2n) is 7.02. The van der Waals surface area contributed by atoms with Gasteiger partial charge in [-0.3, -0.25) is 9.59 Å². The van der Waals surface area contributed by atoms with Crippen LogP contribution in [0.5, 0.6) is 11.5 Å². The number of H-pyrrole nitrogens is 1. The van der Waals surface area contributed by atoms with Crippen molar-refractivity contribution in [2.75, 3.05) is 13.2 Å². The number of amides is 1. The minimum Gasteiger partial charge on any atom is -0.486 e. The zero-order valence-electron chi connectivity index (χ0n) is 14.8. The number of carbonyl (C=O) groups is 1. The molecular weight excluding hydrogens is 332 g/mol. The van der Waals surface area contributed by atoms with Gasteiger partial charge >= 0.3 is 0 Å². The van der Waals surface area contributed by atoms with Crippen molar-refractivity contribution >= 4 is 5.91 Å². The molecule has 0 bridgehead atoms. The summed E-state index contributed by atoms with van der Waals surface area (Å²) >= 11 is 0. The minimum absolute atomic E-state index is 0.176. The molecule has 1 aromatic heterocycles. The molecule has 2 heterocycles. The lowest BCUT2D eigenvalue weighted by Gasteiger charge is -2.21. The highest BCUT2D eigenvalue weighted by molar-refractivity contribution is 5.94. The van der Waals surface area contributed by atoms with Gasteiger partial charge in [0.25, 0.3) is 11.5 Å². The molecule has 0 saturated heterocycles. The van der Waals surface area contributed by atoms with E-state index in [4.69, 9.17) is 9.47 Å². The lowest BCUT2D eigenvalue weighted by atomic mass is 9.87. The Labute approximate surface area is 151 Å². The molecule has 0 radical (unpaired) electrons. The highest BCUT2D eigenvalue weighted by Crippen LogP contribution is 2.30. The Balaban J connectivity index is 1.48. The number of nitrogens with one attached hydrogen (secondary N) is 2. The molecule has 1 amide bonds. The first-order valence-corrected chi connectivity index (χ1v) is 9.02. The van der Waals surface area contributed by atoms with E-state index in [1.807, 2.05) is 18.2 Å². The number of aryl methyl sites for hydroxylation is 1. The van der Waals surface area contributed by atoms with Crippen LogP contribution in [0.1, 0.15) is 40.5 Å². The van der Waals surface area contributed by atoms with Gasteiger partial charge in [-0.1, -0.05) is 13.0 Å². The third kappa shape index (κ3) is 3.31. The Hall–Kier alpha value is -2.76. The van der Waals surface area contributed by atoms with E-state index in [9.17, 15) is 9.59 Å². The first kappa shape index (κ1) is 16.7. The van der Waals surface area contributed by atoms with E-state index in [0.717, 1.165) is 36.1 Å². The van der Waals surface area contributed by atoms with Crippen molar-refractivity contribution in [2.45, 2.75) is 32.7 Å². The standard InChI is InChI=1S/C20H22N2O4/c1-12-2-4-16-14(8-12)10-15(20(24)22-16)19(23)21-11-13-3-5-17-18(9-13)26-7-6-25-17/h3,5,9-10,12H,2,4,6-8,11H2,1H3,(H,21,23)(H,22,24). The summed E-state index contributed by atoms with van der Waals surface area (Å²) in [6.45, 7) is 3.58. The van der Waals surface area contributed by atoms with Gasteiger partial charge < -0.3 is 19.8 Å². The van der Waals surface area contributed by atoms with Crippen LogP contribution in [0.4, 0.5) is 0 Å². The SMILES string of the molecule is CC1CCc2[nH]c(=O)c(C(=O)NCc3ccc4c(c3)OCCO4)cc2C1. The number of ether oxygens (including phenoxy) is 2. The number of rotatable bonds is 3. The molecule has 1 aliphatic heterocycles. The number of fused-ring (bicyclic) bond motifs is 2. The average molecular weight is 354 g/mol. The molecule has 4 rings (SSSR count). The average Bonchev–Trinajstić information content (AvgIpc) is 2.65. The number of aromatic nitrogens is 1. The number of carbonyl (C=O) groups excluding carboxylic acids is 1. The third-order valence-electron chi connectivity index (χ3n) is 4.98. The normalized spacial score (nSPS) is 18.1. The van der Waals surface area contributed by atoms with Crippen LogP contribution in [0.3, 0.4) is 0 Å². The van der Waals surface area contributed by atoms with Crippen LogP contribution in [0.15, 0.2) is 29.1 Å². The summed E-state index contributed by atoms with van der Waals surface area (Å²) in [5.74, 6) is 1.61. The number of hydrogen-bond donors (Lipinski definition) is 2. The summed E-state index contributed by atoms with van der Waals surface area (Å²) in [5.41, 5.74) is 2.79. The van der Waals surface area contributed by atoms with Crippen molar-refractivity contribution in [3.8, 4) is 11.5 Å². The Bertz CT molecular complexity index is 903. The molecule has 6 heteroatoms. The maximum atomic E-state index is 12.5. The lowest BCUT2D eigenvalue weighted by Crippen LogP contribution is -2.31. The Kier molecular flexibility index (Phi) is 4.41. The van der Waals surface area contributed by atoms with Gasteiger partial charge in [0.05, 0.1) is 0 Å². The summed E-state index contributed by atoms with van der Waals surface area (Å²) in [6.07, 6.45) is 2.83. The number of aromatic amines is 1. The van der Waals surface area contributed by atoms with Crippen LogP contribution < -0.4 is 20.3 Å². The molecule has 26 heavy (non-hydrogen) atoms. The van der Waals surface area contributed by atoms with E-state index in [1.54, 1.807) is 6.07 Å². The Morgan fingerprint density at radius 2 is 2.04 bits per heavy atom. The monoisotopic (exact) mass is 354 g/mol. The van der Waals surface area contributed by atoms with Gasteiger partial charge in [0.1, 0.15) is 18.8 Å². The van der Waals surface area contributed by atoms with Crippen molar-refractivity contribution in [2.24, 2.45) is 5.92 Å². The third-order valence-corrected chi connectivity index (χ3v) is 4.98. The molecule has 2 N–H and O–H groups in total. The van der Waals surface area contributed by atoms with E-state index in [-0.39, 0.29) is 17.0 Å². The summed E-state index contributed by atoms with van der Waals surface area (Å²) in [6, 6.07) is 7.33. The van der Waals surface area contributed by atoms with Gasteiger partial charge in [-0.05, 0) is 54.5 Å². The molecule has 1 aromatic carbocycles. The van der Waals surface area contributed by atoms with Crippen LogP contribution >= 0.6 is 0 Å². The topological polar surface area (TPSA) is 80.4 Å².